The molecule has 14 heavy (non-hydrogen) atoms. The van der Waals surface area contributed by atoms with E-state index in [1.54, 1.807) is 18.5 Å². The quantitative estimate of drug-likeness (QED) is 0.726. The molecule has 0 radical (unpaired) electrons. The number of nitrogen functional groups attached to an aromatic ring is 1. The Morgan fingerprint density at radius 1 is 1.00 bits per heavy atom. The Labute approximate surface area is 87.4 Å². The summed E-state index contributed by atoms with van der Waals surface area (Å²) in [6.07, 6.45) is 3.48. The molecule has 0 unspecified atom stereocenters. The zero-order valence-corrected chi connectivity index (χ0v) is 8.20. The van der Waals surface area contributed by atoms with Gasteiger partial charge in [-0.15, -0.1) is 0 Å². The van der Waals surface area contributed by atoms with Crippen molar-refractivity contribution in [2.75, 3.05) is 5.73 Å². The molecule has 2 nitrogen and oxygen atoms in total. The minimum atomic E-state index is 0.650. The van der Waals surface area contributed by atoms with Crippen LogP contribution >= 0.6 is 11.6 Å². The minimum Gasteiger partial charge on any atom is -0.399 e. The average Bonchev–Trinajstić information content (AvgIpc) is 2.18. The molecular weight excluding hydrogens is 196 g/mol. The van der Waals surface area contributed by atoms with Crippen LogP contribution in [-0.4, -0.2) is 4.98 Å². The summed E-state index contributed by atoms with van der Waals surface area (Å²) in [5, 5.41) is 0.650. The van der Waals surface area contributed by atoms with Gasteiger partial charge in [0.15, 0.2) is 0 Å². The molecule has 1 aromatic carbocycles. The Balaban J connectivity index is 2.52. The van der Waals surface area contributed by atoms with Crippen molar-refractivity contribution in [1.82, 2.24) is 4.98 Å². The Kier molecular flexibility index (Phi) is 2.37. The van der Waals surface area contributed by atoms with E-state index in [1.807, 2.05) is 24.3 Å². The lowest BCUT2D eigenvalue weighted by Crippen LogP contribution is -1.86. The second-order valence-corrected chi connectivity index (χ2v) is 3.45. The van der Waals surface area contributed by atoms with E-state index in [0.29, 0.717) is 10.7 Å². The smallest absolute Gasteiger partial charge is 0.0432 e. The van der Waals surface area contributed by atoms with Crippen LogP contribution in [0.1, 0.15) is 0 Å². The summed E-state index contributed by atoms with van der Waals surface area (Å²) in [4.78, 5) is 3.95. The Morgan fingerprint density at radius 2 is 1.71 bits per heavy atom. The third-order valence-electron chi connectivity index (χ3n) is 1.93. The van der Waals surface area contributed by atoms with E-state index in [2.05, 4.69) is 4.98 Å². The first kappa shape index (κ1) is 9.03. The van der Waals surface area contributed by atoms with Gasteiger partial charge in [-0.1, -0.05) is 11.6 Å². The molecule has 2 aromatic rings. The molecule has 70 valence electrons. The fraction of sp³-hybridized carbons (Fsp3) is 0. The topological polar surface area (TPSA) is 38.9 Å². The van der Waals surface area contributed by atoms with Crippen molar-refractivity contribution in [3.05, 3.63) is 47.7 Å². The predicted molar refractivity (Wildman–Crippen MR) is 59.1 cm³/mol. The Morgan fingerprint density at radius 3 is 2.36 bits per heavy atom. The first-order chi connectivity index (χ1) is 6.75. The number of hydrogen-bond donors (Lipinski definition) is 1. The number of nitrogens with zero attached hydrogens (tertiary/aromatic N) is 1. The maximum atomic E-state index is 5.90. The van der Waals surface area contributed by atoms with E-state index < -0.39 is 0 Å². The molecule has 3 heteroatoms. The summed E-state index contributed by atoms with van der Waals surface area (Å²) in [7, 11) is 0. The number of hydrogen-bond acceptors (Lipinski definition) is 2. The van der Waals surface area contributed by atoms with E-state index in [4.69, 9.17) is 17.3 Å². The fourth-order valence-electron chi connectivity index (χ4n) is 1.32. The number of pyridine rings is 1. The van der Waals surface area contributed by atoms with Crippen LogP contribution in [0.3, 0.4) is 0 Å². The van der Waals surface area contributed by atoms with Gasteiger partial charge in [-0.2, -0.15) is 0 Å². The van der Waals surface area contributed by atoms with Crippen LogP contribution in [0.25, 0.3) is 11.1 Å². The molecule has 0 fully saturated rings. The summed E-state index contributed by atoms with van der Waals surface area (Å²) < 4.78 is 0. The van der Waals surface area contributed by atoms with Crippen molar-refractivity contribution >= 4 is 17.3 Å². The SMILES string of the molecule is Nc1cc(Cl)cc(-c2ccncc2)c1. The van der Waals surface area contributed by atoms with Crippen LogP contribution in [0.5, 0.6) is 0 Å². The van der Waals surface area contributed by atoms with Gasteiger partial charge in [0, 0.05) is 23.1 Å². The molecule has 0 saturated carbocycles. The summed E-state index contributed by atoms with van der Waals surface area (Å²) in [5.41, 5.74) is 8.44. The lowest BCUT2D eigenvalue weighted by molar-refractivity contribution is 1.33. The second kappa shape index (κ2) is 3.68. The number of anilines is 1. The van der Waals surface area contributed by atoms with Gasteiger partial charge in [0.1, 0.15) is 0 Å². The van der Waals surface area contributed by atoms with Gasteiger partial charge in [0.25, 0.3) is 0 Å². The first-order valence-corrected chi connectivity index (χ1v) is 4.60. The van der Waals surface area contributed by atoms with Crippen LogP contribution in [0.4, 0.5) is 5.69 Å². The highest BCUT2D eigenvalue weighted by Gasteiger charge is 1.99. The first-order valence-electron chi connectivity index (χ1n) is 4.22. The zero-order valence-electron chi connectivity index (χ0n) is 7.44. The van der Waals surface area contributed by atoms with E-state index in [1.165, 1.54) is 0 Å². The number of benzene rings is 1. The van der Waals surface area contributed by atoms with Crippen molar-refractivity contribution in [3.63, 3.8) is 0 Å². The normalized spacial score (nSPS) is 10.1. The molecule has 0 spiro atoms. The van der Waals surface area contributed by atoms with E-state index in [0.717, 1.165) is 11.1 Å². The van der Waals surface area contributed by atoms with E-state index >= 15 is 0 Å². The van der Waals surface area contributed by atoms with Gasteiger partial charge < -0.3 is 5.73 Å². The van der Waals surface area contributed by atoms with Crippen LogP contribution in [0.15, 0.2) is 42.7 Å². The van der Waals surface area contributed by atoms with Crippen LogP contribution in [-0.2, 0) is 0 Å². The lowest BCUT2D eigenvalue weighted by atomic mass is 10.1. The van der Waals surface area contributed by atoms with E-state index in [9.17, 15) is 0 Å². The van der Waals surface area contributed by atoms with Gasteiger partial charge in [-0.05, 0) is 41.5 Å². The highest BCUT2D eigenvalue weighted by atomic mass is 35.5. The fourth-order valence-corrected chi connectivity index (χ4v) is 1.57. The molecule has 0 aliphatic rings. The van der Waals surface area contributed by atoms with Gasteiger partial charge in [-0.3, -0.25) is 4.98 Å². The van der Waals surface area contributed by atoms with Gasteiger partial charge in [0.2, 0.25) is 0 Å². The van der Waals surface area contributed by atoms with Crippen LogP contribution in [0, 0.1) is 0 Å². The summed E-state index contributed by atoms with van der Waals surface area (Å²) in [6, 6.07) is 9.34. The standard InChI is InChI=1S/C11H9ClN2/c12-10-5-9(6-11(13)7-10)8-1-3-14-4-2-8/h1-7H,13H2. The lowest BCUT2D eigenvalue weighted by Gasteiger charge is -2.03. The molecule has 0 amide bonds. The maximum absolute atomic E-state index is 5.90. The summed E-state index contributed by atoms with van der Waals surface area (Å²) in [6.45, 7) is 0. The van der Waals surface area contributed by atoms with Crippen LogP contribution < -0.4 is 5.73 Å². The molecule has 2 rings (SSSR count). The van der Waals surface area contributed by atoms with Crippen molar-refractivity contribution in [2.45, 2.75) is 0 Å². The third kappa shape index (κ3) is 1.86. The summed E-state index contributed by atoms with van der Waals surface area (Å²) >= 11 is 5.90. The molecule has 0 atom stereocenters. The predicted octanol–water partition coefficient (Wildman–Crippen LogP) is 2.98. The zero-order chi connectivity index (χ0) is 9.97. The number of nitrogens with two attached hydrogens (primary N) is 1. The highest BCUT2D eigenvalue weighted by Crippen LogP contribution is 2.25. The van der Waals surface area contributed by atoms with Crippen molar-refractivity contribution in [2.24, 2.45) is 0 Å². The molecule has 2 N–H and O–H groups in total. The number of rotatable bonds is 1. The van der Waals surface area contributed by atoms with Crippen LogP contribution in [0.2, 0.25) is 5.02 Å². The third-order valence-corrected chi connectivity index (χ3v) is 2.15. The largest absolute Gasteiger partial charge is 0.399 e. The molecule has 0 saturated heterocycles. The van der Waals surface area contributed by atoms with Gasteiger partial charge in [0.05, 0.1) is 0 Å². The second-order valence-electron chi connectivity index (χ2n) is 3.01. The Bertz CT molecular complexity index is 420. The molecule has 1 aromatic heterocycles. The molecule has 0 aliphatic carbocycles. The molecule has 0 bridgehead atoms. The maximum Gasteiger partial charge on any atom is 0.0432 e. The van der Waals surface area contributed by atoms with Gasteiger partial charge >= 0.3 is 0 Å². The highest BCUT2D eigenvalue weighted by molar-refractivity contribution is 6.31. The molecule has 0 aliphatic heterocycles. The minimum absolute atomic E-state index is 0.650. The van der Waals surface area contributed by atoms with Crippen molar-refractivity contribution in [3.8, 4) is 11.1 Å². The number of aromatic nitrogens is 1. The van der Waals surface area contributed by atoms with Crippen molar-refractivity contribution in [1.29, 1.82) is 0 Å². The molecule has 1 heterocycles. The summed E-state index contributed by atoms with van der Waals surface area (Å²) in [5.74, 6) is 0. The Hall–Kier alpha value is -1.54. The average molecular weight is 205 g/mol. The molecular formula is C11H9ClN2. The van der Waals surface area contributed by atoms with Gasteiger partial charge in [-0.25, -0.2) is 0 Å². The monoisotopic (exact) mass is 204 g/mol. The number of halogens is 1. The van der Waals surface area contributed by atoms with Crippen molar-refractivity contribution < 1.29 is 0 Å². The van der Waals surface area contributed by atoms with E-state index in [-0.39, 0.29) is 0 Å².